The van der Waals surface area contributed by atoms with E-state index in [1.54, 1.807) is 6.92 Å². The molecule has 1 aliphatic carbocycles. The topological polar surface area (TPSA) is 38.3 Å². The molecular formula is C19H20BrNO2. The minimum atomic E-state index is -0.546. The quantitative estimate of drug-likeness (QED) is 0.840. The van der Waals surface area contributed by atoms with Crippen LogP contribution >= 0.6 is 15.9 Å². The van der Waals surface area contributed by atoms with Gasteiger partial charge in [-0.25, -0.2) is 0 Å². The SMILES string of the molecule is C[C@@H](Oc1ccc2c(c1)CCCC2)C(=O)Nc1cccc(Br)c1. The summed E-state index contributed by atoms with van der Waals surface area (Å²) in [5.74, 6) is 0.614. The summed E-state index contributed by atoms with van der Waals surface area (Å²) >= 11 is 3.40. The van der Waals surface area contributed by atoms with Crippen molar-refractivity contribution in [3.05, 3.63) is 58.1 Å². The number of amides is 1. The predicted octanol–water partition coefficient (Wildman–Crippen LogP) is 4.73. The highest BCUT2D eigenvalue weighted by molar-refractivity contribution is 9.10. The first-order chi connectivity index (χ1) is 11.1. The highest BCUT2D eigenvalue weighted by atomic mass is 79.9. The van der Waals surface area contributed by atoms with E-state index < -0.39 is 6.10 Å². The van der Waals surface area contributed by atoms with Crippen molar-refractivity contribution in [2.75, 3.05) is 5.32 Å². The number of carbonyl (C=O) groups is 1. The van der Waals surface area contributed by atoms with Gasteiger partial charge in [-0.15, -0.1) is 0 Å². The van der Waals surface area contributed by atoms with Gasteiger partial charge in [-0.2, -0.15) is 0 Å². The number of ether oxygens (including phenoxy) is 1. The van der Waals surface area contributed by atoms with Gasteiger partial charge in [0.25, 0.3) is 5.91 Å². The Morgan fingerprint density at radius 1 is 1.13 bits per heavy atom. The summed E-state index contributed by atoms with van der Waals surface area (Å²) in [4.78, 5) is 12.3. The average molecular weight is 374 g/mol. The zero-order chi connectivity index (χ0) is 16.2. The second-order valence-electron chi connectivity index (χ2n) is 5.90. The van der Waals surface area contributed by atoms with Crippen LogP contribution in [0.1, 0.15) is 30.9 Å². The molecule has 120 valence electrons. The Bertz CT molecular complexity index is 714. The monoisotopic (exact) mass is 373 g/mol. The van der Waals surface area contributed by atoms with Gasteiger partial charge in [0.2, 0.25) is 0 Å². The van der Waals surface area contributed by atoms with Crippen molar-refractivity contribution in [3.8, 4) is 5.75 Å². The molecule has 3 rings (SSSR count). The number of carbonyl (C=O) groups excluding carboxylic acids is 1. The number of fused-ring (bicyclic) bond motifs is 1. The van der Waals surface area contributed by atoms with E-state index in [0.717, 1.165) is 28.8 Å². The highest BCUT2D eigenvalue weighted by Gasteiger charge is 2.16. The molecule has 1 N–H and O–H groups in total. The number of nitrogens with one attached hydrogen (secondary N) is 1. The molecule has 23 heavy (non-hydrogen) atoms. The molecule has 3 nitrogen and oxygen atoms in total. The van der Waals surface area contributed by atoms with Gasteiger partial charge in [-0.05, 0) is 74.1 Å². The van der Waals surface area contributed by atoms with Crippen LogP contribution in [-0.2, 0) is 17.6 Å². The Kier molecular flexibility index (Phi) is 5.01. The van der Waals surface area contributed by atoms with E-state index in [1.807, 2.05) is 30.3 Å². The van der Waals surface area contributed by atoms with Crippen LogP contribution in [0.3, 0.4) is 0 Å². The molecule has 0 aromatic heterocycles. The summed E-state index contributed by atoms with van der Waals surface area (Å²) in [6.07, 6.45) is 4.20. The second kappa shape index (κ2) is 7.18. The molecule has 0 saturated carbocycles. The first-order valence-electron chi connectivity index (χ1n) is 7.97. The number of rotatable bonds is 4. The summed E-state index contributed by atoms with van der Waals surface area (Å²) in [5.41, 5.74) is 3.52. The third kappa shape index (κ3) is 4.14. The lowest BCUT2D eigenvalue weighted by atomic mass is 9.92. The largest absolute Gasteiger partial charge is 0.481 e. The van der Waals surface area contributed by atoms with Crippen LogP contribution in [0.15, 0.2) is 46.9 Å². The van der Waals surface area contributed by atoms with Crippen molar-refractivity contribution in [1.82, 2.24) is 0 Å². The standard InChI is InChI=1S/C19H20BrNO2/c1-13(19(22)21-17-8-4-7-16(20)12-17)23-18-10-9-14-5-2-3-6-15(14)11-18/h4,7-13H,2-3,5-6H2,1H3,(H,21,22)/t13-/m1/s1. The van der Waals surface area contributed by atoms with Gasteiger partial charge in [-0.3, -0.25) is 4.79 Å². The average Bonchev–Trinajstić information content (AvgIpc) is 2.54. The minimum Gasteiger partial charge on any atom is -0.481 e. The van der Waals surface area contributed by atoms with Crippen molar-refractivity contribution in [2.24, 2.45) is 0 Å². The summed E-state index contributed by atoms with van der Waals surface area (Å²) in [6.45, 7) is 1.77. The molecule has 0 bridgehead atoms. The van der Waals surface area contributed by atoms with Gasteiger partial charge in [-0.1, -0.05) is 28.1 Å². The molecule has 1 amide bonds. The van der Waals surface area contributed by atoms with Gasteiger partial charge in [0.15, 0.2) is 6.10 Å². The molecule has 0 fully saturated rings. The molecule has 1 atom stereocenters. The van der Waals surface area contributed by atoms with Gasteiger partial charge in [0, 0.05) is 10.2 Å². The van der Waals surface area contributed by atoms with Crippen LogP contribution in [0.5, 0.6) is 5.75 Å². The molecule has 4 heteroatoms. The van der Waals surface area contributed by atoms with E-state index in [4.69, 9.17) is 4.74 Å². The lowest BCUT2D eigenvalue weighted by molar-refractivity contribution is -0.122. The fourth-order valence-corrected chi connectivity index (χ4v) is 3.25. The van der Waals surface area contributed by atoms with E-state index >= 15 is 0 Å². The number of hydrogen-bond donors (Lipinski definition) is 1. The maximum absolute atomic E-state index is 12.3. The zero-order valence-electron chi connectivity index (χ0n) is 13.1. The molecular weight excluding hydrogens is 354 g/mol. The zero-order valence-corrected chi connectivity index (χ0v) is 14.7. The maximum Gasteiger partial charge on any atom is 0.265 e. The number of benzene rings is 2. The minimum absolute atomic E-state index is 0.152. The van der Waals surface area contributed by atoms with Crippen LogP contribution in [0.25, 0.3) is 0 Å². The molecule has 0 aliphatic heterocycles. The van der Waals surface area contributed by atoms with Crippen molar-refractivity contribution in [3.63, 3.8) is 0 Å². The molecule has 0 heterocycles. The van der Waals surface area contributed by atoms with E-state index in [2.05, 4.69) is 33.4 Å². The fourth-order valence-electron chi connectivity index (χ4n) is 2.85. The van der Waals surface area contributed by atoms with E-state index in [9.17, 15) is 4.79 Å². The van der Waals surface area contributed by atoms with Crippen LogP contribution in [0.4, 0.5) is 5.69 Å². The van der Waals surface area contributed by atoms with E-state index in [0.29, 0.717) is 0 Å². The van der Waals surface area contributed by atoms with Crippen LogP contribution in [0, 0.1) is 0 Å². The molecule has 0 spiro atoms. The number of anilines is 1. The summed E-state index contributed by atoms with van der Waals surface area (Å²) < 4.78 is 6.75. The molecule has 0 unspecified atom stereocenters. The molecule has 1 aliphatic rings. The summed E-state index contributed by atoms with van der Waals surface area (Å²) in [7, 11) is 0. The maximum atomic E-state index is 12.3. The van der Waals surface area contributed by atoms with Crippen LogP contribution < -0.4 is 10.1 Å². The second-order valence-corrected chi connectivity index (χ2v) is 6.81. The van der Waals surface area contributed by atoms with Crippen LogP contribution in [0.2, 0.25) is 0 Å². The van der Waals surface area contributed by atoms with Crippen molar-refractivity contribution >= 4 is 27.5 Å². The number of hydrogen-bond acceptors (Lipinski definition) is 2. The van der Waals surface area contributed by atoms with E-state index in [1.165, 1.54) is 24.0 Å². The molecule has 0 radical (unpaired) electrons. The Morgan fingerprint density at radius 2 is 1.91 bits per heavy atom. The summed E-state index contributed by atoms with van der Waals surface area (Å²) in [6, 6.07) is 13.7. The molecule has 0 saturated heterocycles. The molecule has 2 aromatic rings. The Labute approximate surface area is 145 Å². The number of aryl methyl sites for hydroxylation is 2. The number of halogens is 1. The lowest BCUT2D eigenvalue weighted by Gasteiger charge is -2.19. The van der Waals surface area contributed by atoms with Crippen molar-refractivity contribution in [1.29, 1.82) is 0 Å². The van der Waals surface area contributed by atoms with E-state index in [-0.39, 0.29) is 5.91 Å². The van der Waals surface area contributed by atoms with Gasteiger partial charge < -0.3 is 10.1 Å². The fraction of sp³-hybridized carbons (Fsp3) is 0.316. The smallest absolute Gasteiger partial charge is 0.265 e. The van der Waals surface area contributed by atoms with Gasteiger partial charge in [0.1, 0.15) is 5.75 Å². The Hall–Kier alpha value is -1.81. The van der Waals surface area contributed by atoms with Gasteiger partial charge >= 0.3 is 0 Å². The highest BCUT2D eigenvalue weighted by Crippen LogP contribution is 2.26. The Balaban J connectivity index is 1.64. The van der Waals surface area contributed by atoms with Crippen molar-refractivity contribution < 1.29 is 9.53 Å². The Morgan fingerprint density at radius 3 is 2.70 bits per heavy atom. The predicted molar refractivity (Wildman–Crippen MR) is 95.9 cm³/mol. The lowest BCUT2D eigenvalue weighted by Crippen LogP contribution is -2.30. The van der Waals surface area contributed by atoms with Gasteiger partial charge in [0.05, 0.1) is 0 Å². The molecule has 2 aromatic carbocycles. The first-order valence-corrected chi connectivity index (χ1v) is 8.76. The van der Waals surface area contributed by atoms with Crippen molar-refractivity contribution in [2.45, 2.75) is 38.7 Å². The third-order valence-electron chi connectivity index (χ3n) is 4.09. The first kappa shape index (κ1) is 16.1. The normalized spacial score (nSPS) is 14.7. The van der Waals surface area contributed by atoms with Crippen LogP contribution in [-0.4, -0.2) is 12.0 Å². The summed E-state index contributed by atoms with van der Waals surface area (Å²) in [5, 5.41) is 2.87. The third-order valence-corrected chi connectivity index (χ3v) is 4.59.